The molecular weight excluding hydrogens is 272 g/mol. The number of unbranched alkanes of at least 4 members (excludes halogenated alkanes) is 1. The fraction of sp³-hybridized carbons (Fsp3) is 0.733. The van der Waals surface area contributed by atoms with Gasteiger partial charge in [-0.05, 0) is 51.4 Å². The van der Waals surface area contributed by atoms with Gasteiger partial charge in [0.25, 0.3) is 0 Å². The first-order chi connectivity index (χ1) is 10.1. The van der Waals surface area contributed by atoms with Gasteiger partial charge in [0.2, 0.25) is 0 Å². The maximum absolute atomic E-state index is 11.6. The molecule has 0 spiro atoms. The number of nitrogens with two attached hydrogens (primary N) is 1. The van der Waals surface area contributed by atoms with Crippen LogP contribution in [0.3, 0.4) is 0 Å². The Balaban J connectivity index is 2.08. The third kappa shape index (κ3) is 8.34. The molecule has 6 nitrogen and oxygen atoms in total. The van der Waals surface area contributed by atoms with E-state index in [2.05, 4.69) is 17.5 Å². The second-order valence-electron chi connectivity index (χ2n) is 5.37. The summed E-state index contributed by atoms with van der Waals surface area (Å²) in [6, 6.07) is -0.820. The first-order valence-corrected chi connectivity index (χ1v) is 7.67. The number of carboxylic acid groups (broad SMARTS) is 1. The lowest BCUT2D eigenvalue weighted by atomic mass is 10.0. The Morgan fingerprint density at radius 2 is 2.05 bits per heavy atom. The van der Waals surface area contributed by atoms with Crippen LogP contribution in [0.25, 0.3) is 0 Å². The Morgan fingerprint density at radius 3 is 2.81 bits per heavy atom. The van der Waals surface area contributed by atoms with Crippen molar-refractivity contribution in [3.8, 4) is 0 Å². The summed E-state index contributed by atoms with van der Waals surface area (Å²) in [5, 5.41) is 11.3. The minimum atomic E-state index is -0.985. The zero-order valence-corrected chi connectivity index (χ0v) is 12.4. The Bertz CT molecular complexity index is 358. The van der Waals surface area contributed by atoms with Crippen LogP contribution in [0.2, 0.25) is 0 Å². The van der Waals surface area contributed by atoms with Crippen LogP contribution in [0.15, 0.2) is 12.2 Å². The van der Waals surface area contributed by atoms with Crippen molar-refractivity contribution in [2.45, 2.75) is 63.5 Å². The highest BCUT2D eigenvalue weighted by Crippen LogP contribution is 2.15. The number of alkyl carbamates (subject to hydrolysis) is 1. The van der Waals surface area contributed by atoms with E-state index < -0.39 is 12.0 Å². The summed E-state index contributed by atoms with van der Waals surface area (Å²) >= 11 is 0. The third-order valence-electron chi connectivity index (χ3n) is 3.52. The lowest BCUT2D eigenvalue weighted by Gasteiger charge is -2.18. The van der Waals surface area contributed by atoms with Crippen molar-refractivity contribution in [2.24, 2.45) is 5.73 Å². The highest BCUT2D eigenvalue weighted by atomic mass is 16.6. The van der Waals surface area contributed by atoms with Crippen LogP contribution < -0.4 is 11.1 Å². The molecule has 1 aliphatic carbocycles. The van der Waals surface area contributed by atoms with Crippen molar-refractivity contribution in [3.63, 3.8) is 0 Å². The summed E-state index contributed by atoms with van der Waals surface area (Å²) in [6.07, 6.45) is 10.5. The molecule has 1 rings (SSSR count). The number of carbonyl (C=O) groups is 2. The van der Waals surface area contributed by atoms with E-state index in [9.17, 15) is 9.59 Å². The van der Waals surface area contributed by atoms with Gasteiger partial charge in [0.1, 0.15) is 12.1 Å². The Labute approximate surface area is 125 Å². The van der Waals surface area contributed by atoms with Gasteiger partial charge in [0.15, 0.2) is 0 Å². The number of aliphatic carboxylic acids is 1. The van der Waals surface area contributed by atoms with Gasteiger partial charge in [-0.3, -0.25) is 4.79 Å². The third-order valence-corrected chi connectivity index (χ3v) is 3.52. The molecule has 6 heteroatoms. The van der Waals surface area contributed by atoms with E-state index in [0.717, 1.165) is 32.1 Å². The molecule has 0 fully saturated rings. The predicted molar refractivity (Wildman–Crippen MR) is 80.0 cm³/mol. The average molecular weight is 298 g/mol. The minimum absolute atomic E-state index is 0.00428. The van der Waals surface area contributed by atoms with Crippen molar-refractivity contribution in [3.05, 3.63) is 12.2 Å². The molecule has 2 atom stereocenters. The van der Waals surface area contributed by atoms with Crippen LogP contribution in [-0.4, -0.2) is 35.9 Å². The molecule has 0 aromatic heterocycles. The van der Waals surface area contributed by atoms with Gasteiger partial charge in [-0.15, -0.1) is 0 Å². The average Bonchev–Trinajstić information content (AvgIpc) is 2.41. The van der Waals surface area contributed by atoms with Crippen molar-refractivity contribution >= 4 is 12.1 Å². The molecule has 0 heterocycles. The molecule has 0 bridgehead atoms. The van der Waals surface area contributed by atoms with E-state index in [-0.39, 0.29) is 12.2 Å². The fourth-order valence-electron chi connectivity index (χ4n) is 2.24. The van der Waals surface area contributed by atoms with Crippen molar-refractivity contribution in [2.75, 3.05) is 6.54 Å². The second kappa shape index (κ2) is 10.2. The molecule has 1 amide bonds. The van der Waals surface area contributed by atoms with Crippen molar-refractivity contribution in [1.82, 2.24) is 5.32 Å². The fourth-order valence-corrected chi connectivity index (χ4v) is 2.24. The zero-order chi connectivity index (χ0) is 15.5. The van der Waals surface area contributed by atoms with Crippen LogP contribution in [-0.2, 0) is 9.53 Å². The largest absolute Gasteiger partial charge is 0.480 e. The normalized spacial score (nSPS) is 21.7. The maximum Gasteiger partial charge on any atom is 0.407 e. The first-order valence-electron chi connectivity index (χ1n) is 7.67. The number of nitrogens with one attached hydrogen (secondary N) is 1. The van der Waals surface area contributed by atoms with E-state index in [1.807, 2.05) is 0 Å². The Kier molecular flexibility index (Phi) is 8.50. The monoisotopic (exact) mass is 298 g/mol. The van der Waals surface area contributed by atoms with E-state index in [1.54, 1.807) is 0 Å². The molecule has 0 aromatic rings. The molecule has 1 aliphatic rings. The molecule has 0 aromatic carbocycles. The minimum Gasteiger partial charge on any atom is -0.480 e. The summed E-state index contributed by atoms with van der Waals surface area (Å²) in [6.45, 7) is 0.484. The standard InChI is InChI=1S/C15H26N2O4/c16-13(14(18)19)10-6-7-11-17-15(20)21-12-8-4-2-1-3-5-9-12/h1-2,12-13H,3-11,16H2,(H,17,20)(H,18,19)/b2-1+/t12-,13-/m0/s1. The number of carboxylic acids is 1. The van der Waals surface area contributed by atoms with Gasteiger partial charge < -0.3 is 20.9 Å². The van der Waals surface area contributed by atoms with Gasteiger partial charge in [-0.25, -0.2) is 4.79 Å². The lowest BCUT2D eigenvalue weighted by molar-refractivity contribution is -0.138. The lowest BCUT2D eigenvalue weighted by Crippen LogP contribution is -2.31. The molecule has 0 unspecified atom stereocenters. The summed E-state index contributed by atoms with van der Waals surface area (Å²) in [7, 11) is 0. The maximum atomic E-state index is 11.6. The summed E-state index contributed by atoms with van der Waals surface area (Å²) in [5.41, 5.74) is 5.39. The number of carbonyl (C=O) groups excluding carboxylic acids is 1. The number of amides is 1. The molecule has 0 radical (unpaired) electrons. The predicted octanol–water partition coefficient (Wildman–Crippen LogP) is 2.18. The molecule has 0 saturated heterocycles. The highest BCUT2D eigenvalue weighted by molar-refractivity contribution is 5.72. The van der Waals surface area contributed by atoms with Crippen molar-refractivity contribution in [1.29, 1.82) is 0 Å². The zero-order valence-electron chi connectivity index (χ0n) is 12.4. The molecule has 120 valence electrons. The first kappa shape index (κ1) is 17.5. The van der Waals surface area contributed by atoms with Gasteiger partial charge in [-0.1, -0.05) is 12.2 Å². The van der Waals surface area contributed by atoms with Gasteiger partial charge in [-0.2, -0.15) is 0 Å². The molecule has 4 N–H and O–H groups in total. The van der Waals surface area contributed by atoms with Gasteiger partial charge in [0.05, 0.1) is 0 Å². The van der Waals surface area contributed by atoms with E-state index in [4.69, 9.17) is 15.6 Å². The van der Waals surface area contributed by atoms with Crippen LogP contribution in [0.5, 0.6) is 0 Å². The number of hydrogen-bond acceptors (Lipinski definition) is 4. The van der Waals surface area contributed by atoms with Gasteiger partial charge in [0, 0.05) is 6.54 Å². The number of hydrogen-bond donors (Lipinski definition) is 3. The quantitative estimate of drug-likeness (QED) is 0.494. The highest BCUT2D eigenvalue weighted by Gasteiger charge is 2.14. The van der Waals surface area contributed by atoms with Crippen molar-refractivity contribution < 1.29 is 19.4 Å². The Hall–Kier alpha value is -1.56. The SMILES string of the molecule is N[C@@H](CCCCNC(=O)O[C@H]1CC/C=C/CCC1)C(=O)O. The van der Waals surface area contributed by atoms with E-state index in [0.29, 0.717) is 25.8 Å². The molecule has 0 saturated carbocycles. The second-order valence-corrected chi connectivity index (χ2v) is 5.37. The number of ether oxygens (including phenoxy) is 1. The smallest absolute Gasteiger partial charge is 0.407 e. The summed E-state index contributed by atoms with van der Waals surface area (Å²) < 4.78 is 5.39. The molecule has 0 aliphatic heterocycles. The Morgan fingerprint density at radius 1 is 1.29 bits per heavy atom. The van der Waals surface area contributed by atoms with Crippen LogP contribution >= 0.6 is 0 Å². The summed E-state index contributed by atoms with van der Waals surface area (Å²) in [4.78, 5) is 22.2. The van der Waals surface area contributed by atoms with Crippen LogP contribution in [0.1, 0.15) is 51.4 Å². The number of rotatable bonds is 7. The van der Waals surface area contributed by atoms with E-state index >= 15 is 0 Å². The van der Waals surface area contributed by atoms with E-state index in [1.165, 1.54) is 0 Å². The number of allylic oxidation sites excluding steroid dienone is 2. The van der Waals surface area contributed by atoms with Crippen LogP contribution in [0, 0.1) is 0 Å². The van der Waals surface area contributed by atoms with Crippen LogP contribution in [0.4, 0.5) is 4.79 Å². The molecular formula is C15H26N2O4. The molecule has 21 heavy (non-hydrogen) atoms. The van der Waals surface area contributed by atoms with Gasteiger partial charge >= 0.3 is 12.1 Å². The topological polar surface area (TPSA) is 102 Å². The summed E-state index contributed by atoms with van der Waals surface area (Å²) in [5.74, 6) is -0.985.